The summed E-state index contributed by atoms with van der Waals surface area (Å²) < 4.78 is 0. The molecule has 3 rings (SSSR count). The van der Waals surface area contributed by atoms with Crippen molar-refractivity contribution >= 4 is 40.4 Å². The van der Waals surface area contributed by atoms with Crippen LogP contribution in [0.4, 0.5) is 5.69 Å². The van der Waals surface area contributed by atoms with Crippen LogP contribution in [0.25, 0.3) is 0 Å². The summed E-state index contributed by atoms with van der Waals surface area (Å²) in [5.41, 5.74) is 2.24. The third-order valence-electron chi connectivity index (χ3n) is 3.54. The van der Waals surface area contributed by atoms with Crippen molar-refractivity contribution in [2.45, 2.75) is 24.0 Å². The molecule has 1 aliphatic heterocycles. The van der Waals surface area contributed by atoms with Crippen molar-refractivity contribution in [1.82, 2.24) is 0 Å². The number of thiophene rings is 1. The molecule has 0 radical (unpaired) electrons. The lowest BCUT2D eigenvalue weighted by Gasteiger charge is -2.08. The Morgan fingerprint density at radius 2 is 2.19 bits per heavy atom. The van der Waals surface area contributed by atoms with Gasteiger partial charge in [0.2, 0.25) is 0 Å². The van der Waals surface area contributed by atoms with E-state index in [9.17, 15) is 10.1 Å². The van der Waals surface area contributed by atoms with Gasteiger partial charge in [-0.3, -0.25) is 10.1 Å². The van der Waals surface area contributed by atoms with Crippen molar-refractivity contribution in [3.63, 3.8) is 0 Å². The number of rotatable bonds is 4. The predicted molar refractivity (Wildman–Crippen MR) is 89.6 cm³/mol. The molecular weight excluding hydrogens is 326 g/mol. The van der Waals surface area contributed by atoms with E-state index in [2.05, 4.69) is 6.07 Å². The molecule has 2 aromatic rings. The zero-order valence-corrected chi connectivity index (χ0v) is 13.6. The second kappa shape index (κ2) is 6.38. The Morgan fingerprint density at radius 1 is 1.38 bits per heavy atom. The number of hydrogen-bond donors (Lipinski definition) is 0. The summed E-state index contributed by atoms with van der Waals surface area (Å²) in [5, 5.41) is 10.9. The Hall–Kier alpha value is -1.04. The Kier molecular flexibility index (Phi) is 4.52. The second-order valence-electron chi connectivity index (χ2n) is 4.96. The van der Waals surface area contributed by atoms with Gasteiger partial charge in [0.05, 0.1) is 10.3 Å². The number of benzene rings is 1. The van der Waals surface area contributed by atoms with Crippen LogP contribution in [0.3, 0.4) is 0 Å². The summed E-state index contributed by atoms with van der Waals surface area (Å²) in [6.07, 6.45) is 1.60. The van der Waals surface area contributed by atoms with Crippen molar-refractivity contribution in [3.05, 3.63) is 61.3 Å². The molecule has 1 aliphatic rings. The third-order valence-corrected chi connectivity index (χ3v) is 6.42. The highest BCUT2D eigenvalue weighted by molar-refractivity contribution is 7.98. The van der Waals surface area contributed by atoms with Gasteiger partial charge in [-0.15, -0.1) is 22.9 Å². The Bertz CT molecular complexity index is 648. The molecule has 110 valence electrons. The number of thioether (sulfide) groups is 1. The van der Waals surface area contributed by atoms with Crippen molar-refractivity contribution in [2.24, 2.45) is 0 Å². The van der Waals surface area contributed by atoms with Crippen LogP contribution >= 0.6 is 34.7 Å². The second-order valence-corrected chi connectivity index (χ2v) is 7.76. The van der Waals surface area contributed by atoms with E-state index in [-0.39, 0.29) is 16.0 Å². The molecule has 0 N–H and O–H groups in total. The third kappa shape index (κ3) is 3.25. The molecule has 1 aromatic heterocycles. The van der Waals surface area contributed by atoms with E-state index >= 15 is 0 Å². The molecule has 1 atom stereocenters. The van der Waals surface area contributed by atoms with Gasteiger partial charge in [0, 0.05) is 33.6 Å². The first kappa shape index (κ1) is 14.9. The van der Waals surface area contributed by atoms with Crippen molar-refractivity contribution in [2.75, 3.05) is 5.75 Å². The first-order valence-corrected chi connectivity index (χ1v) is 9.11. The largest absolute Gasteiger partial charge is 0.272 e. The van der Waals surface area contributed by atoms with E-state index in [0.29, 0.717) is 12.0 Å². The van der Waals surface area contributed by atoms with Gasteiger partial charge in [-0.1, -0.05) is 18.2 Å². The van der Waals surface area contributed by atoms with Gasteiger partial charge in [0.25, 0.3) is 5.69 Å². The summed E-state index contributed by atoms with van der Waals surface area (Å²) in [5.74, 6) is 2.23. The van der Waals surface area contributed by atoms with Crippen LogP contribution in [0.5, 0.6) is 0 Å². The van der Waals surface area contributed by atoms with Gasteiger partial charge < -0.3 is 0 Å². The van der Waals surface area contributed by atoms with E-state index in [1.54, 1.807) is 23.5 Å². The van der Waals surface area contributed by atoms with E-state index in [4.69, 9.17) is 11.6 Å². The van der Waals surface area contributed by atoms with Gasteiger partial charge in [0.15, 0.2) is 0 Å². The highest BCUT2D eigenvalue weighted by atomic mass is 35.5. The first-order valence-electron chi connectivity index (χ1n) is 6.70. The summed E-state index contributed by atoms with van der Waals surface area (Å²) in [7, 11) is 0. The number of nitro benzene ring substituents is 1. The zero-order chi connectivity index (χ0) is 14.8. The van der Waals surface area contributed by atoms with Gasteiger partial charge in [-0.05, 0) is 23.8 Å². The number of nitrogens with zero attached hydrogens (tertiary/aromatic N) is 1. The minimum absolute atomic E-state index is 0.153. The Labute approximate surface area is 136 Å². The number of nitro groups is 1. The maximum atomic E-state index is 11.1. The van der Waals surface area contributed by atoms with Gasteiger partial charge in [-0.25, -0.2) is 0 Å². The fraction of sp³-hybridized carbons (Fsp3) is 0.333. The fourth-order valence-electron chi connectivity index (χ4n) is 2.48. The van der Waals surface area contributed by atoms with Crippen LogP contribution < -0.4 is 0 Å². The van der Waals surface area contributed by atoms with E-state index in [1.165, 1.54) is 22.3 Å². The lowest BCUT2D eigenvalue weighted by molar-refractivity contribution is -0.385. The number of hydrogen-bond acceptors (Lipinski definition) is 4. The fourth-order valence-corrected chi connectivity index (χ4v) is 5.20. The van der Waals surface area contributed by atoms with E-state index in [0.717, 1.165) is 17.1 Å². The van der Waals surface area contributed by atoms with E-state index in [1.807, 2.05) is 17.8 Å². The monoisotopic (exact) mass is 339 g/mol. The number of fused-ring (bicyclic) bond motifs is 1. The highest BCUT2D eigenvalue weighted by Gasteiger charge is 2.21. The number of alkyl halides is 1. The van der Waals surface area contributed by atoms with Crippen molar-refractivity contribution < 1.29 is 4.92 Å². The van der Waals surface area contributed by atoms with Crippen LogP contribution in [0.15, 0.2) is 30.3 Å². The molecule has 1 aromatic carbocycles. The summed E-state index contributed by atoms with van der Waals surface area (Å²) in [6.45, 7) is 0. The molecule has 1 unspecified atom stereocenters. The lowest BCUT2D eigenvalue weighted by Crippen LogP contribution is -1.99. The molecule has 0 amide bonds. The molecule has 3 nitrogen and oxygen atoms in total. The Morgan fingerprint density at radius 3 is 2.95 bits per heavy atom. The minimum Gasteiger partial charge on any atom is -0.258 e. The zero-order valence-electron chi connectivity index (χ0n) is 11.3. The average molecular weight is 340 g/mol. The van der Waals surface area contributed by atoms with Crippen LogP contribution in [-0.4, -0.2) is 10.7 Å². The van der Waals surface area contributed by atoms with E-state index < -0.39 is 0 Å². The summed E-state index contributed by atoms with van der Waals surface area (Å²) in [4.78, 5) is 13.3. The molecule has 2 heterocycles. The van der Waals surface area contributed by atoms with Gasteiger partial charge in [0.1, 0.15) is 0 Å². The topological polar surface area (TPSA) is 43.1 Å². The number of aryl methyl sites for hydroxylation is 1. The number of halogens is 1. The van der Waals surface area contributed by atoms with Crippen molar-refractivity contribution in [3.8, 4) is 0 Å². The molecule has 0 spiro atoms. The van der Waals surface area contributed by atoms with Gasteiger partial charge in [-0.2, -0.15) is 11.8 Å². The van der Waals surface area contributed by atoms with Gasteiger partial charge >= 0.3 is 0 Å². The molecule has 6 heteroatoms. The summed E-state index contributed by atoms with van der Waals surface area (Å²) in [6, 6.07) is 9.01. The minimum atomic E-state index is -0.338. The molecular formula is C15H14ClNO2S2. The molecule has 0 aliphatic carbocycles. The molecule has 0 saturated heterocycles. The van der Waals surface area contributed by atoms with Crippen LogP contribution in [0, 0.1) is 10.1 Å². The van der Waals surface area contributed by atoms with Crippen LogP contribution in [0.2, 0.25) is 0 Å². The lowest BCUT2D eigenvalue weighted by atomic mass is 10.1. The molecule has 0 fully saturated rings. The SMILES string of the molecule is O=[N+]([O-])c1ccccc1CC(Cl)c1cc2c(s1)CCSC2. The first-order chi connectivity index (χ1) is 10.1. The van der Waals surface area contributed by atoms with Crippen LogP contribution in [-0.2, 0) is 18.6 Å². The Balaban J connectivity index is 1.82. The highest BCUT2D eigenvalue weighted by Crippen LogP contribution is 2.38. The van der Waals surface area contributed by atoms with Crippen LogP contribution in [0.1, 0.15) is 26.3 Å². The molecule has 21 heavy (non-hydrogen) atoms. The molecule has 0 saturated carbocycles. The normalized spacial score (nSPS) is 15.5. The van der Waals surface area contributed by atoms with Crippen molar-refractivity contribution in [1.29, 1.82) is 0 Å². The standard InChI is InChI=1S/C15H14ClNO2S2/c16-12(7-10-3-1-2-4-13(10)17(18)19)15-8-11-9-20-6-5-14(11)21-15/h1-4,8,12H,5-7,9H2. The average Bonchev–Trinajstić information content (AvgIpc) is 2.91. The smallest absolute Gasteiger partial charge is 0.258 e. The predicted octanol–water partition coefficient (Wildman–Crippen LogP) is 4.97. The maximum Gasteiger partial charge on any atom is 0.272 e. The summed E-state index contributed by atoms with van der Waals surface area (Å²) >= 11 is 10.2. The number of para-hydroxylation sites is 1. The maximum absolute atomic E-state index is 11.1. The quantitative estimate of drug-likeness (QED) is 0.449. The molecule has 0 bridgehead atoms.